The molecule has 0 heterocycles. The maximum Gasteiger partial charge on any atom is 0.268 e. The first-order valence-electron chi connectivity index (χ1n) is 6.97. The Morgan fingerprint density at radius 3 is 2.50 bits per heavy atom. The summed E-state index contributed by atoms with van der Waals surface area (Å²) in [4.78, 5) is 28.6. The zero-order valence-electron chi connectivity index (χ0n) is 13.9. The van der Waals surface area contributed by atoms with Crippen molar-refractivity contribution in [1.29, 1.82) is 0 Å². The van der Waals surface area contributed by atoms with Crippen LogP contribution in [0.5, 0.6) is 0 Å². The molecule has 0 unspecified atom stereocenters. The minimum atomic E-state index is -0.525. The second-order valence-electron chi connectivity index (χ2n) is 4.32. The van der Waals surface area contributed by atoms with E-state index in [4.69, 9.17) is 0 Å². The van der Waals surface area contributed by atoms with E-state index < -0.39 is 4.92 Å². The van der Waals surface area contributed by atoms with Gasteiger partial charge in [-0.2, -0.15) is 0 Å². The third-order valence-corrected chi connectivity index (χ3v) is 2.37. The topological polar surface area (TPSA) is 109 Å². The zero-order chi connectivity index (χ0) is 18.4. The fourth-order valence-electron chi connectivity index (χ4n) is 1.31. The third kappa shape index (κ3) is 9.61. The Kier molecular flexibility index (Phi) is 10.6. The highest BCUT2D eigenvalue weighted by Gasteiger charge is 2.01. The molecule has 0 aliphatic carbocycles. The van der Waals surface area contributed by atoms with Crippen molar-refractivity contribution in [1.82, 2.24) is 10.6 Å². The molecule has 0 spiro atoms. The van der Waals surface area contributed by atoms with E-state index in [2.05, 4.69) is 27.2 Å². The molecule has 8 nitrogen and oxygen atoms in total. The number of carbonyl (C=O) groups is 1. The van der Waals surface area contributed by atoms with Gasteiger partial charge < -0.3 is 10.6 Å². The van der Waals surface area contributed by atoms with E-state index in [1.54, 1.807) is 32.2 Å². The maximum absolute atomic E-state index is 10.6. The molecule has 0 aromatic rings. The molecule has 0 aromatic heterocycles. The minimum Gasteiger partial charge on any atom is -0.348 e. The van der Waals surface area contributed by atoms with Crippen LogP contribution in [0.3, 0.4) is 0 Å². The molecule has 0 aliphatic heterocycles. The Labute approximate surface area is 140 Å². The summed E-state index contributed by atoms with van der Waals surface area (Å²) in [5, 5.41) is 16.4. The lowest BCUT2D eigenvalue weighted by Crippen LogP contribution is -2.18. The van der Waals surface area contributed by atoms with Gasteiger partial charge in [0.25, 0.3) is 5.70 Å². The van der Waals surface area contributed by atoms with Gasteiger partial charge in [-0.05, 0) is 33.0 Å². The van der Waals surface area contributed by atoms with Gasteiger partial charge in [0, 0.05) is 23.9 Å². The quantitative estimate of drug-likeness (QED) is 0.128. The van der Waals surface area contributed by atoms with Crippen LogP contribution in [0.2, 0.25) is 0 Å². The highest BCUT2D eigenvalue weighted by Crippen LogP contribution is 1.99. The van der Waals surface area contributed by atoms with Crippen LogP contribution >= 0.6 is 0 Å². The molecule has 0 saturated carbocycles. The van der Waals surface area contributed by atoms with E-state index in [0.717, 1.165) is 6.08 Å². The Morgan fingerprint density at radius 2 is 1.96 bits per heavy atom. The van der Waals surface area contributed by atoms with Gasteiger partial charge in [-0.25, -0.2) is 9.98 Å². The van der Waals surface area contributed by atoms with Crippen molar-refractivity contribution in [3.63, 3.8) is 0 Å². The second kappa shape index (κ2) is 12.3. The molecule has 0 fully saturated rings. The Hall–Kier alpha value is -3.29. The number of aldehydes is 1. The summed E-state index contributed by atoms with van der Waals surface area (Å²) >= 11 is 0. The predicted molar refractivity (Wildman–Crippen MR) is 95.9 cm³/mol. The van der Waals surface area contributed by atoms with Crippen LogP contribution < -0.4 is 10.6 Å². The number of amidine groups is 1. The van der Waals surface area contributed by atoms with E-state index in [1.165, 1.54) is 18.5 Å². The highest BCUT2D eigenvalue weighted by molar-refractivity contribution is 5.88. The van der Waals surface area contributed by atoms with E-state index >= 15 is 0 Å². The Bertz CT molecular complexity index is 640. The van der Waals surface area contributed by atoms with Gasteiger partial charge in [-0.1, -0.05) is 12.7 Å². The van der Waals surface area contributed by atoms with Crippen molar-refractivity contribution < 1.29 is 9.72 Å². The van der Waals surface area contributed by atoms with Crippen LogP contribution in [0, 0.1) is 10.1 Å². The molecule has 128 valence electrons. The van der Waals surface area contributed by atoms with Gasteiger partial charge >= 0.3 is 0 Å². The molecule has 24 heavy (non-hydrogen) atoms. The predicted octanol–water partition coefficient (Wildman–Crippen LogP) is 2.44. The molecule has 0 aromatic carbocycles. The van der Waals surface area contributed by atoms with Crippen LogP contribution in [-0.2, 0) is 4.79 Å². The fourth-order valence-corrected chi connectivity index (χ4v) is 1.31. The minimum absolute atomic E-state index is 0.106. The van der Waals surface area contributed by atoms with Gasteiger partial charge in [0.2, 0.25) is 0 Å². The monoisotopic (exact) mass is 331 g/mol. The van der Waals surface area contributed by atoms with E-state index in [1.807, 2.05) is 6.92 Å². The average molecular weight is 331 g/mol. The number of nitrogens with zero attached hydrogens (tertiary/aromatic N) is 3. The number of aliphatic imine (C=N–C) groups is 2. The fraction of sp³-hybridized carbons (Fsp3) is 0.188. The lowest BCUT2D eigenvalue weighted by molar-refractivity contribution is -0.418. The number of hydrogen-bond donors (Lipinski definition) is 2. The first-order chi connectivity index (χ1) is 11.4. The molecule has 8 heteroatoms. The largest absolute Gasteiger partial charge is 0.348 e. The van der Waals surface area contributed by atoms with Crippen molar-refractivity contribution in [3.8, 4) is 0 Å². The number of allylic oxidation sites excluding steroid dienone is 6. The number of hydrogen-bond acceptors (Lipinski definition) is 5. The van der Waals surface area contributed by atoms with E-state index in [-0.39, 0.29) is 5.70 Å². The van der Waals surface area contributed by atoms with Crippen LogP contribution in [0.1, 0.15) is 20.8 Å². The van der Waals surface area contributed by atoms with E-state index in [0.29, 0.717) is 23.6 Å². The number of nitrogens with one attached hydrogen (secondary N) is 2. The summed E-state index contributed by atoms with van der Waals surface area (Å²) in [5.41, 5.74) is 0.549. The maximum atomic E-state index is 10.6. The number of nitro groups is 1. The second-order valence-corrected chi connectivity index (χ2v) is 4.32. The highest BCUT2D eigenvalue weighted by atomic mass is 16.6. The van der Waals surface area contributed by atoms with Gasteiger partial charge in [0.1, 0.15) is 24.3 Å². The Balaban J connectivity index is 4.88. The molecular formula is C16H21N5O3. The SMILES string of the molecule is C=C/C(=C\C=C(/C)NC(C)=N/C=N\C(=C\C=O)N/C=C\C)[N+](=O)[O-]. The van der Waals surface area contributed by atoms with Crippen LogP contribution in [0.4, 0.5) is 0 Å². The van der Waals surface area contributed by atoms with Crippen molar-refractivity contribution >= 4 is 18.5 Å². The van der Waals surface area contributed by atoms with Gasteiger partial charge in [0.15, 0.2) is 0 Å². The van der Waals surface area contributed by atoms with Crippen molar-refractivity contribution in [2.75, 3.05) is 0 Å². The summed E-state index contributed by atoms with van der Waals surface area (Å²) in [6.45, 7) is 8.63. The standard InChI is InChI=1S/C16H21N5O3/c1-5-10-17-16(9-11-22)19-12-18-14(4)20-13(3)7-8-15(6-2)21(23)24/h5-12,17H,2H2,1,3-4H3,(H,18,19,20)/b10-5-,13-7+,15-8+,16-9+. The van der Waals surface area contributed by atoms with Gasteiger partial charge in [-0.3, -0.25) is 14.9 Å². The van der Waals surface area contributed by atoms with Crippen molar-refractivity contribution in [2.24, 2.45) is 9.98 Å². The number of rotatable bonds is 9. The average Bonchev–Trinajstić information content (AvgIpc) is 2.52. The van der Waals surface area contributed by atoms with Crippen molar-refractivity contribution in [2.45, 2.75) is 20.8 Å². The molecule has 0 amide bonds. The van der Waals surface area contributed by atoms with Crippen LogP contribution in [0.15, 0.2) is 70.4 Å². The first kappa shape index (κ1) is 20.7. The molecule has 0 bridgehead atoms. The summed E-state index contributed by atoms with van der Waals surface area (Å²) < 4.78 is 0. The molecule has 0 rings (SSSR count). The van der Waals surface area contributed by atoms with Crippen LogP contribution in [0.25, 0.3) is 0 Å². The lowest BCUT2D eigenvalue weighted by atomic mass is 10.3. The molecule has 2 N–H and O–H groups in total. The normalized spacial score (nSPS) is 14.1. The van der Waals surface area contributed by atoms with Crippen molar-refractivity contribution in [3.05, 3.63) is 70.5 Å². The molecular weight excluding hydrogens is 310 g/mol. The summed E-state index contributed by atoms with van der Waals surface area (Å²) in [6.07, 6.45) is 10.6. The lowest BCUT2D eigenvalue weighted by Gasteiger charge is -2.03. The number of carbonyl (C=O) groups excluding carboxylic acids is 1. The van der Waals surface area contributed by atoms with Crippen LogP contribution in [-0.4, -0.2) is 23.4 Å². The van der Waals surface area contributed by atoms with E-state index in [9.17, 15) is 14.9 Å². The smallest absolute Gasteiger partial charge is 0.268 e. The first-order valence-corrected chi connectivity index (χ1v) is 6.97. The summed E-state index contributed by atoms with van der Waals surface area (Å²) in [5.74, 6) is 0.870. The summed E-state index contributed by atoms with van der Waals surface area (Å²) in [7, 11) is 0. The third-order valence-electron chi connectivity index (χ3n) is 2.37. The molecule has 0 aliphatic rings. The molecule has 0 radical (unpaired) electrons. The Morgan fingerprint density at radius 1 is 1.25 bits per heavy atom. The van der Waals surface area contributed by atoms with Gasteiger partial charge in [-0.15, -0.1) is 0 Å². The van der Waals surface area contributed by atoms with Gasteiger partial charge in [0.05, 0.1) is 4.92 Å². The summed E-state index contributed by atoms with van der Waals surface area (Å²) in [6, 6.07) is 0. The zero-order valence-corrected chi connectivity index (χ0v) is 13.9. The molecule has 0 saturated heterocycles. The molecule has 0 atom stereocenters.